The van der Waals surface area contributed by atoms with Crippen LogP contribution in [0.1, 0.15) is 24.2 Å². The molecule has 80 valence electrons. The van der Waals surface area contributed by atoms with Gasteiger partial charge in [-0.2, -0.15) is 0 Å². The number of hydrogen-bond acceptors (Lipinski definition) is 3. The summed E-state index contributed by atoms with van der Waals surface area (Å²) in [5.74, 6) is -0.923. The normalized spacial score (nSPS) is 10.1. The molecule has 0 aliphatic carbocycles. The van der Waals surface area contributed by atoms with Crippen molar-refractivity contribution in [3.63, 3.8) is 0 Å². The lowest BCUT2D eigenvalue weighted by molar-refractivity contribution is -0.118. The van der Waals surface area contributed by atoms with Crippen molar-refractivity contribution in [1.82, 2.24) is 4.98 Å². The Morgan fingerprint density at radius 2 is 2.13 bits per heavy atom. The predicted octanol–water partition coefficient (Wildman–Crippen LogP) is 0.775. The summed E-state index contributed by atoms with van der Waals surface area (Å²) in [5.41, 5.74) is 5.76. The minimum absolute atomic E-state index is 0.161. The van der Waals surface area contributed by atoms with Gasteiger partial charge in [0.25, 0.3) is 5.91 Å². The molecule has 0 atom stereocenters. The van der Waals surface area contributed by atoms with Crippen LogP contribution in [0.15, 0.2) is 18.5 Å². The maximum Gasteiger partial charge on any atom is 0.250 e. The number of nitrogens with two attached hydrogens (primary N) is 1. The van der Waals surface area contributed by atoms with E-state index < -0.39 is 5.91 Å². The molecule has 15 heavy (non-hydrogen) atoms. The third-order valence-electron chi connectivity index (χ3n) is 1.87. The molecule has 0 aliphatic heterocycles. The van der Waals surface area contributed by atoms with Gasteiger partial charge in [-0.3, -0.25) is 14.6 Å². The first-order valence-corrected chi connectivity index (χ1v) is 4.57. The van der Waals surface area contributed by atoms with Crippen molar-refractivity contribution in [2.75, 3.05) is 5.32 Å². The maximum absolute atomic E-state index is 11.4. The molecule has 3 N–H and O–H groups in total. The lowest BCUT2D eigenvalue weighted by Gasteiger charge is -2.09. The average Bonchev–Trinajstić information content (AvgIpc) is 2.18. The molecule has 0 saturated heterocycles. The summed E-state index contributed by atoms with van der Waals surface area (Å²) >= 11 is 0. The number of nitrogens with one attached hydrogen (secondary N) is 1. The molecule has 5 heteroatoms. The zero-order chi connectivity index (χ0) is 11.4. The van der Waals surface area contributed by atoms with E-state index in [9.17, 15) is 9.59 Å². The predicted molar refractivity (Wildman–Crippen MR) is 56.2 cm³/mol. The van der Waals surface area contributed by atoms with E-state index in [4.69, 9.17) is 5.73 Å². The Bertz CT molecular complexity index is 388. The minimum atomic E-state index is -0.587. The van der Waals surface area contributed by atoms with Crippen molar-refractivity contribution >= 4 is 17.5 Å². The number of carbonyl (C=O) groups is 2. The van der Waals surface area contributed by atoms with Gasteiger partial charge in [-0.25, -0.2) is 0 Å². The van der Waals surface area contributed by atoms with Gasteiger partial charge in [0.15, 0.2) is 0 Å². The van der Waals surface area contributed by atoms with Crippen LogP contribution in [0.25, 0.3) is 0 Å². The van der Waals surface area contributed by atoms with Crippen molar-refractivity contribution in [2.24, 2.45) is 11.7 Å². The van der Waals surface area contributed by atoms with Crippen molar-refractivity contribution in [1.29, 1.82) is 0 Å². The van der Waals surface area contributed by atoms with Crippen LogP contribution < -0.4 is 11.1 Å². The van der Waals surface area contributed by atoms with E-state index in [-0.39, 0.29) is 17.4 Å². The molecule has 0 spiro atoms. The number of carbonyl (C=O) groups excluding carboxylic acids is 2. The van der Waals surface area contributed by atoms with Crippen molar-refractivity contribution in [3.05, 3.63) is 24.0 Å². The molecule has 1 heterocycles. The number of nitrogens with zero attached hydrogens (tertiary/aromatic N) is 1. The van der Waals surface area contributed by atoms with E-state index in [0.29, 0.717) is 5.69 Å². The second-order valence-corrected chi connectivity index (χ2v) is 3.43. The number of rotatable bonds is 3. The SMILES string of the molecule is CC(C)C(=O)Nc1cnccc1C(N)=O. The van der Waals surface area contributed by atoms with Gasteiger partial charge in [0.1, 0.15) is 0 Å². The van der Waals surface area contributed by atoms with Crippen LogP contribution in [0.2, 0.25) is 0 Å². The minimum Gasteiger partial charge on any atom is -0.366 e. The number of hydrogen-bond donors (Lipinski definition) is 2. The second-order valence-electron chi connectivity index (χ2n) is 3.43. The van der Waals surface area contributed by atoms with E-state index >= 15 is 0 Å². The number of amides is 2. The summed E-state index contributed by atoms with van der Waals surface area (Å²) in [4.78, 5) is 26.2. The van der Waals surface area contributed by atoms with Gasteiger partial charge >= 0.3 is 0 Å². The molecule has 1 aromatic heterocycles. The third kappa shape index (κ3) is 2.77. The molecule has 0 bridgehead atoms. The molecule has 1 aromatic rings. The van der Waals surface area contributed by atoms with Gasteiger partial charge in [0.05, 0.1) is 17.4 Å². The molecule has 0 aliphatic rings. The van der Waals surface area contributed by atoms with Crippen molar-refractivity contribution in [3.8, 4) is 0 Å². The van der Waals surface area contributed by atoms with Crippen LogP contribution in [-0.4, -0.2) is 16.8 Å². The van der Waals surface area contributed by atoms with Gasteiger partial charge in [-0.05, 0) is 6.07 Å². The number of primary amides is 1. The number of pyridine rings is 1. The highest BCUT2D eigenvalue weighted by Crippen LogP contribution is 2.13. The van der Waals surface area contributed by atoms with Crippen molar-refractivity contribution in [2.45, 2.75) is 13.8 Å². The molecule has 1 rings (SSSR count). The lowest BCUT2D eigenvalue weighted by atomic mass is 10.1. The first-order valence-electron chi connectivity index (χ1n) is 4.57. The van der Waals surface area contributed by atoms with E-state index in [1.165, 1.54) is 18.5 Å². The molecule has 0 aromatic carbocycles. The second kappa shape index (κ2) is 4.54. The first-order chi connectivity index (χ1) is 7.02. The Kier molecular flexibility index (Phi) is 3.38. The van der Waals surface area contributed by atoms with E-state index in [1.54, 1.807) is 13.8 Å². The summed E-state index contributed by atoms with van der Waals surface area (Å²) in [6.07, 6.45) is 2.85. The van der Waals surface area contributed by atoms with Crippen LogP contribution >= 0.6 is 0 Å². The fourth-order valence-electron chi connectivity index (χ4n) is 0.986. The molecule has 0 saturated carbocycles. The van der Waals surface area contributed by atoms with E-state index in [0.717, 1.165) is 0 Å². The largest absolute Gasteiger partial charge is 0.366 e. The highest BCUT2D eigenvalue weighted by atomic mass is 16.2. The zero-order valence-electron chi connectivity index (χ0n) is 8.65. The zero-order valence-corrected chi connectivity index (χ0v) is 8.65. The van der Waals surface area contributed by atoms with Crippen LogP contribution in [0.3, 0.4) is 0 Å². The summed E-state index contributed by atoms with van der Waals surface area (Å²) in [7, 11) is 0. The Labute approximate surface area is 87.7 Å². The standard InChI is InChI=1S/C10H13N3O2/c1-6(2)10(15)13-8-5-12-4-3-7(8)9(11)14/h3-6H,1-2H3,(H2,11,14)(H,13,15). The van der Waals surface area contributed by atoms with Gasteiger partial charge in [-0.15, -0.1) is 0 Å². The number of anilines is 1. The van der Waals surface area contributed by atoms with Crippen LogP contribution in [0.4, 0.5) is 5.69 Å². The molecular formula is C10H13N3O2. The van der Waals surface area contributed by atoms with Crippen LogP contribution in [0.5, 0.6) is 0 Å². The fraction of sp³-hybridized carbons (Fsp3) is 0.300. The molecule has 0 unspecified atom stereocenters. The fourth-order valence-corrected chi connectivity index (χ4v) is 0.986. The van der Waals surface area contributed by atoms with Gasteiger partial charge in [0.2, 0.25) is 5.91 Å². The average molecular weight is 207 g/mol. The van der Waals surface area contributed by atoms with Gasteiger partial charge in [-0.1, -0.05) is 13.8 Å². The van der Waals surface area contributed by atoms with E-state index in [2.05, 4.69) is 10.3 Å². The summed E-state index contributed by atoms with van der Waals surface area (Å²) in [5, 5.41) is 2.59. The monoisotopic (exact) mass is 207 g/mol. The summed E-state index contributed by atoms with van der Waals surface area (Å²) < 4.78 is 0. The Balaban J connectivity index is 2.94. The highest BCUT2D eigenvalue weighted by Gasteiger charge is 2.12. The summed E-state index contributed by atoms with van der Waals surface area (Å²) in [6.45, 7) is 3.52. The lowest BCUT2D eigenvalue weighted by Crippen LogP contribution is -2.21. The first kappa shape index (κ1) is 11.2. The third-order valence-corrected chi connectivity index (χ3v) is 1.87. The molecular weight excluding hydrogens is 194 g/mol. The van der Waals surface area contributed by atoms with Gasteiger partial charge in [0, 0.05) is 12.1 Å². The smallest absolute Gasteiger partial charge is 0.250 e. The van der Waals surface area contributed by atoms with Crippen LogP contribution in [-0.2, 0) is 4.79 Å². The Morgan fingerprint density at radius 3 is 2.67 bits per heavy atom. The Morgan fingerprint density at radius 1 is 1.47 bits per heavy atom. The maximum atomic E-state index is 11.4. The Hall–Kier alpha value is -1.91. The topological polar surface area (TPSA) is 85.1 Å². The molecule has 2 amide bonds. The quantitative estimate of drug-likeness (QED) is 0.767. The number of aromatic nitrogens is 1. The molecule has 0 radical (unpaired) electrons. The van der Waals surface area contributed by atoms with E-state index in [1.807, 2.05) is 0 Å². The molecule has 0 fully saturated rings. The van der Waals surface area contributed by atoms with Crippen molar-refractivity contribution < 1.29 is 9.59 Å². The highest BCUT2D eigenvalue weighted by molar-refractivity contribution is 6.03. The van der Waals surface area contributed by atoms with Crippen LogP contribution in [0, 0.1) is 5.92 Å². The summed E-state index contributed by atoms with van der Waals surface area (Å²) in [6, 6.07) is 1.47. The molecule has 5 nitrogen and oxygen atoms in total. The van der Waals surface area contributed by atoms with Gasteiger partial charge < -0.3 is 11.1 Å².